The van der Waals surface area contributed by atoms with E-state index in [1.54, 1.807) is 0 Å². The molecule has 2 N–H and O–H groups in total. The van der Waals surface area contributed by atoms with Crippen LogP contribution >= 0.6 is 15.9 Å². The van der Waals surface area contributed by atoms with E-state index in [-0.39, 0.29) is 6.04 Å². The zero-order valence-electron chi connectivity index (χ0n) is 11.2. The van der Waals surface area contributed by atoms with Crippen LogP contribution in [0.3, 0.4) is 0 Å². The lowest BCUT2D eigenvalue weighted by molar-refractivity contribution is 0.557. The summed E-state index contributed by atoms with van der Waals surface area (Å²) in [7, 11) is 0. The van der Waals surface area contributed by atoms with Gasteiger partial charge in [0, 0.05) is 28.4 Å². The number of hydrogen-bond donors (Lipinski definition) is 1. The van der Waals surface area contributed by atoms with Gasteiger partial charge in [0.1, 0.15) is 0 Å². The van der Waals surface area contributed by atoms with Crippen molar-refractivity contribution in [3.63, 3.8) is 0 Å². The molecule has 2 aromatic rings. The van der Waals surface area contributed by atoms with Crippen molar-refractivity contribution in [2.24, 2.45) is 5.73 Å². The Morgan fingerprint density at radius 1 is 1.15 bits per heavy atom. The lowest BCUT2D eigenvalue weighted by Gasteiger charge is -2.34. The molecule has 20 heavy (non-hydrogen) atoms. The van der Waals surface area contributed by atoms with Crippen molar-refractivity contribution in [3.05, 3.63) is 58.1 Å². The first-order valence-corrected chi connectivity index (χ1v) is 7.95. The Morgan fingerprint density at radius 2 is 2.00 bits per heavy atom. The maximum absolute atomic E-state index is 6.29. The molecule has 0 bridgehead atoms. The third-order valence-corrected chi connectivity index (χ3v) is 5.07. The molecular formula is C17H17BrN2. The van der Waals surface area contributed by atoms with Crippen LogP contribution in [0.15, 0.2) is 46.9 Å². The Kier molecular flexibility index (Phi) is 2.86. The van der Waals surface area contributed by atoms with E-state index in [1.165, 1.54) is 28.9 Å². The fraction of sp³-hybridized carbons (Fsp3) is 0.294. The Morgan fingerprint density at radius 3 is 2.85 bits per heavy atom. The molecule has 2 aromatic carbocycles. The van der Waals surface area contributed by atoms with Crippen LogP contribution < -0.4 is 10.6 Å². The molecule has 0 aromatic heterocycles. The first kappa shape index (κ1) is 12.4. The van der Waals surface area contributed by atoms with Gasteiger partial charge in [-0.15, -0.1) is 0 Å². The van der Waals surface area contributed by atoms with Crippen LogP contribution in [0, 0.1) is 0 Å². The summed E-state index contributed by atoms with van der Waals surface area (Å²) in [5.41, 5.74) is 11.7. The van der Waals surface area contributed by atoms with Gasteiger partial charge in [0.05, 0.1) is 0 Å². The van der Waals surface area contributed by atoms with E-state index >= 15 is 0 Å². The average molecular weight is 329 g/mol. The van der Waals surface area contributed by atoms with Gasteiger partial charge < -0.3 is 10.6 Å². The van der Waals surface area contributed by atoms with Crippen molar-refractivity contribution >= 4 is 27.3 Å². The minimum atomic E-state index is 0.220. The van der Waals surface area contributed by atoms with Crippen molar-refractivity contribution < 1.29 is 0 Å². The smallest absolute Gasteiger partial charge is 0.0449 e. The first-order chi connectivity index (χ1) is 9.74. The van der Waals surface area contributed by atoms with Gasteiger partial charge in [0.25, 0.3) is 0 Å². The Hall–Kier alpha value is -1.32. The van der Waals surface area contributed by atoms with Gasteiger partial charge in [0.15, 0.2) is 0 Å². The zero-order valence-corrected chi connectivity index (χ0v) is 12.8. The summed E-state index contributed by atoms with van der Waals surface area (Å²) < 4.78 is 1.13. The van der Waals surface area contributed by atoms with Gasteiger partial charge in [-0.3, -0.25) is 0 Å². The van der Waals surface area contributed by atoms with Crippen molar-refractivity contribution in [3.8, 4) is 0 Å². The van der Waals surface area contributed by atoms with E-state index in [0.717, 1.165) is 17.4 Å². The van der Waals surface area contributed by atoms with Gasteiger partial charge in [-0.2, -0.15) is 0 Å². The molecule has 2 nitrogen and oxygen atoms in total. The second-order valence-corrected chi connectivity index (χ2v) is 6.66. The Labute approximate surface area is 127 Å². The normalized spacial score (nSPS) is 23.8. The van der Waals surface area contributed by atoms with E-state index in [0.29, 0.717) is 5.92 Å². The molecule has 0 spiro atoms. The molecule has 1 aliphatic heterocycles. The van der Waals surface area contributed by atoms with Crippen molar-refractivity contribution in [2.75, 3.05) is 11.4 Å². The van der Waals surface area contributed by atoms with Gasteiger partial charge >= 0.3 is 0 Å². The molecule has 3 heteroatoms. The Balaban J connectivity index is 1.85. The largest absolute Gasteiger partial charge is 0.341 e. The molecule has 1 aliphatic carbocycles. The molecule has 0 fully saturated rings. The molecule has 1 heterocycles. The van der Waals surface area contributed by atoms with Gasteiger partial charge in [0.2, 0.25) is 0 Å². The van der Waals surface area contributed by atoms with E-state index in [1.807, 2.05) is 0 Å². The number of hydrogen-bond acceptors (Lipinski definition) is 2. The molecule has 2 atom stereocenters. The number of nitrogens with zero attached hydrogens (tertiary/aromatic N) is 1. The molecule has 0 saturated carbocycles. The summed E-state index contributed by atoms with van der Waals surface area (Å²) >= 11 is 3.57. The number of halogens is 1. The molecule has 4 rings (SSSR count). The quantitative estimate of drug-likeness (QED) is 0.836. The highest BCUT2D eigenvalue weighted by atomic mass is 79.9. The van der Waals surface area contributed by atoms with Crippen LogP contribution in [0.2, 0.25) is 0 Å². The SMILES string of the molecule is NC1CC2CCN(c3cccc(Br)c3)c3cccc1c32. The summed E-state index contributed by atoms with van der Waals surface area (Å²) in [5.74, 6) is 0.652. The van der Waals surface area contributed by atoms with Gasteiger partial charge in [-0.1, -0.05) is 34.1 Å². The maximum atomic E-state index is 6.29. The standard InChI is InChI=1S/C17H17BrN2/c18-12-3-1-4-13(10-12)20-8-7-11-9-15(19)14-5-2-6-16(20)17(11)14/h1-6,10-11,15H,7-9,19H2. The van der Waals surface area contributed by atoms with Gasteiger partial charge in [-0.25, -0.2) is 0 Å². The van der Waals surface area contributed by atoms with Crippen LogP contribution in [0.25, 0.3) is 0 Å². The lowest BCUT2D eigenvalue weighted by Crippen LogP contribution is -2.26. The summed E-state index contributed by atoms with van der Waals surface area (Å²) in [4.78, 5) is 2.43. The monoisotopic (exact) mass is 328 g/mol. The predicted molar refractivity (Wildman–Crippen MR) is 86.5 cm³/mol. The molecule has 0 amide bonds. The van der Waals surface area contributed by atoms with Gasteiger partial charge in [-0.05, 0) is 54.2 Å². The zero-order chi connectivity index (χ0) is 13.7. The van der Waals surface area contributed by atoms with Crippen molar-refractivity contribution in [1.29, 1.82) is 0 Å². The minimum Gasteiger partial charge on any atom is -0.341 e. The number of nitrogens with two attached hydrogens (primary N) is 1. The van der Waals surface area contributed by atoms with Crippen LogP contribution in [0.1, 0.15) is 35.9 Å². The highest BCUT2D eigenvalue weighted by molar-refractivity contribution is 9.10. The van der Waals surface area contributed by atoms with Crippen LogP contribution in [0.5, 0.6) is 0 Å². The van der Waals surface area contributed by atoms with E-state index in [2.05, 4.69) is 63.3 Å². The molecule has 2 aliphatic rings. The molecule has 0 saturated heterocycles. The van der Waals surface area contributed by atoms with E-state index < -0.39 is 0 Å². The fourth-order valence-corrected chi connectivity index (χ4v) is 4.09. The maximum Gasteiger partial charge on any atom is 0.0449 e. The number of benzene rings is 2. The highest BCUT2D eigenvalue weighted by Gasteiger charge is 2.35. The van der Waals surface area contributed by atoms with Crippen LogP contribution in [-0.4, -0.2) is 6.54 Å². The van der Waals surface area contributed by atoms with Crippen molar-refractivity contribution in [2.45, 2.75) is 24.8 Å². The van der Waals surface area contributed by atoms with Crippen LogP contribution in [-0.2, 0) is 0 Å². The molecule has 2 unspecified atom stereocenters. The van der Waals surface area contributed by atoms with Crippen LogP contribution in [0.4, 0.5) is 11.4 Å². The topological polar surface area (TPSA) is 29.3 Å². The third kappa shape index (κ3) is 1.80. The number of rotatable bonds is 1. The summed E-state index contributed by atoms with van der Waals surface area (Å²) in [6.45, 7) is 1.07. The third-order valence-electron chi connectivity index (χ3n) is 4.57. The predicted octanol–water partition coefficient (Wildman–Crippen LogP) is 4.48. The molecule has 102 valence electrons. The molecular weight excluding hydrogens is 312 g/mol. The van der Waals surface area contributed by atoms with Crippen molar-refractivity contribution in [1.82, 2.24) is 0 Å². The lowest BCUT2D eigenvalue weighted by atomic mass is 9.91. The second-order valence-electron chi connectivity index (χ2n) is 5.74. The molecule has 0 radical (unpaired) electrons. The van der Waals surface area contributed by atoms with E-state index in [9.17, 15) is 0 Å². The second kappa shape index (κ2) is 4.61. The minimum absolute atomic E-state index is 0.220. The first-order valence-electron chi connectivity index (χ1n) is 7.15. The van der Waals surface area contributed by atoms with E-state index in [4.69, 9.17) is 5.73 Å². The highest BCUT2D eigenvalue weighted by Crippen LogP contribution is 2.50. The summed E-state index contributed by atoms with van der Waals surface area (Å²) in [6.07, 6.45) is 2.31. The summed E-state index contributed by atoms with van der Waals surface area (Å²) in [5, 5.41) is 0. The fourth-order valence-electron chi connectivity index (χ4n) is 3.71. The summed E-state index contributed by atoms with van der Waals surface area (Å²) in [6, 6.07) is 15.3. The average Bonchev–Trinajstić information content (AvgIpc) is 2.78. The Bertz CT molecular complexity index is 668. The number of anilines is 2.